The van der Waals surface area contributed by atoms with Gasteiger partial charge >= 0.3 is 0 Å². The molecule has 121 heavy (non-hydrogen) atoms. The molecule has 7 aliphatic rings. The molecule has 8 aromatic heterocycles. The van der Waals surface area contributed by atoms with Crippen LogP contribution in [0.4, 0.5) is 50.4 Å². The SMILES string of the molecule is CC(=O)N1CCc2c(c(Nc3ccc(-c4cnn(C)c4)cc3)nn2CC2(C)CC2)C1.CC(=O)N1CCc2c(c(Nc3ccc(-c4cnn(C)c4)cc3)nn2CCS(C)(=O)=O)C1.CC(=O)N1CCc2c(c(Nc3ccc(-c4cnn(C)c4)cc3)nn2C[C@@H]2C[C@H]2F)C1.CC(=O)N1CCc2c(c(Nc3ccc(-c4cnn(C)c4)cc3)nn2[C@@H]2CCOC2)C1. The smallest absolute Gasteiger partial charge is 0.219 e. The molecular weight excluding hydrogens is 1560 g/mol. The lowest BCUT2D eigenvalue weighted by Gasteiger charge is -2.27. The molecule has 3 atom stereocenters. The van der Waals surface area contributed by atoms with Gasteiger partial charge in [-0.15, -0.1) is 0 Å². The average molecular weight is 1660 g/mol. The highest BCUT2D eigenvalue weighted by Crippen LogP contribution is 2.47. The Hall–Kier alpha value is -12.5. The van der Waals surface area contributed by atoms with Crippen molar-refractivity contribution in [1.82, 2.24) is 97.8 Å². The van der Waals surface area contributed by atoms with E-state index in [1.165, 1.54) is 30.5 Å². The molecule has 0 radical (unpaired) electrons. The summed E-state index contributed by atoms with van der Waals surface area (Å²) < 4.78 is 57.5. The van der Waals surface area contributed by atoms with Gasteiger partial charge in [0.2, 0.25) is 23.6 Å². The van der Waals surface area contributed by atoms with Gasteiger partial charge < -0.3 is 45.6 Å². The third-order valence-electron chi connectivity index (χ3n) is 23.8. The van der Waals surface area contributed by atoms with Crippen molar-refractivity contribution < 1.29 is 36.7 Å². The second-order valence-electron chi connectivity index (χ2n) is 33.3. The molecule has 2 aliphatic carbocycles. The molecular formula is C88H105FN24O7S. The van der Waals surface area contributed by atoms with E-state index in [9.17, 15) is 32.0 Å². The van der Waals surface area contributed by atoms with Crippen LogP contribution in [0, 0.1) is 11.3 Å². The summed E-state index contributed by atoms with van der Waals surface area (Å²) in [6.07, 6.45) is 23.0. The zero-order valence-electron chi connectivity index (χ0n) is 70.2. The maximum atomic E-state index is 13.5. The van der Waals surface area contributed by atoms with Crippen LogP contribution in [0.2, 0.25) is 0 Å². The van der Waals surface area contributed by atoms with Crippen LogP contribution in [-0.2, 0) is 133 Å². The number of rotatable bonds is 20. The van der Waals surface area contributed by atoms with Crippen LogP contribution in [0.25, 0.3) is 44.5 Å². The molecule has 0 unspecified atom stereocenters. The normalized spacial score (nSPS) is 17.3. The molecule has 4 N–H and O–H groups in total. The Bertz CT molecular complexity index is 5880. The third-order valence-corrected chi connectivity index (χ3v) is 24.7. The van der Waals surface area contributed by atoms with Gasteiger partial charge in [-0.05, 0) is 102 Å². The first-order valence-electron chi connectivity index (χ1n) is 41.4. The molecule has 0 spiro atoms. The summed E-state index contributed by atoms with van der Waals surface area (Å²) in [6, 6.07) is 32.9. The maximum absolute atomic E-state index is 13.5. The van der Waals surface area contributed by atoms with Crippen LogP contribution in [0.15, 0.2) is 147 Å². The second-order valence-corrected chi connectivity index (χ2v) is 35.5. The summed E-state index contributed by atoms with van der Waals surface area (Å²) in [5, 5.41) is 50.0. The van der Waals surface area contributed by atoms with Crippen molar-refractivity contribution in [2.24, 2.45) is 39.5 Å². The van der Waals surface area contributed by atoms with Crippen LogP contribution in [0.5, 0.6) is 0 Å². The number of carbonyl (C=O) groups is 4. The number of hydrogen-bond donors (Lipinski definition) is 4. The van der Waals surface area contributed by atoms with Gasteiger partial charge in [0.05, 0.1) is 75.9 Å². The number of ether oxygens (including phenoxy) is 1. The monoisotopic (exact) mass is 1660 g/mol. The number of nitrogens with one attached hydrogen (secondary N) is 4. The van der Waals surface area contributed by atoms with Crippen molar-refractivity contribution in [3.8, 4) is 44.5 Å². The summed E-state index contributed by atoms with van der Waals surface area (Å²) in [5.41, 5.74) is 21.6. The Morgan fingerprint density at radius 3 is 1.10 bits per heavy atom. The second kappa shape index (κ2) is 34.7. The van der Waals surface area contributed by atoms with Crippen LogP contribution >= 0.6 is 0 Å². The van der Waals surface area contributed by atoms with E-state index in [0.29, 0.717) is 83.0 Å². The molecule has 13 heterocycles. The standard InChI is InChI=1S/C23H28N6O.C22H25FN6O.C22H26N6O2.C21H26N6O3S/c1-16(30)28-11-8-21-20(14-28)22(26-29(21)15-23(2)9-10-23)25-19-6-4-17(5-7-19)18-12-24-27(3)13-18;1-14(30)28-8-7-21-19(13-28)22(26-29(21)12-16-9-20(16)23)25-18-5-3-15(4-6-18)17-10-24-27(2)11-17;1-15(29)27-9-7-21-20(13-27)22(25-28(21)19-8-10-30-14-19)24-18-5-3-16(4-6-18)17-11-23-26(2)12-17;1-15(28)26-9-8-20-19(14-26)21(24-27(20)10-11-31(3,29)30)23-18-6-4-16(5-7-18)17-12-22-25(2)13-17/h4-7,12-13H,8-11,14-15H2,1-3H3,(H,25,26);3-6,10-11,16,20H,7-9,12-13H2,1-2H3,(H,25,26);3-6,11-12,19H,7-10,13-14H2,1-2H3,(H,24,25);4-7,12-13H,8-11,14H2,1-3H3,(H,23,24)/t;16-,20+;19-;/m.01./s1. The number of amides is 4. The first-order valence-corrected chi connectivity index (χ1v) is 43.4. The predicted molar refractivity (Wildman–Crippen MR) is 460 cm³/mol. The minimum absolute atomic E-state index is 0.0151. The van der Waals surface area contributed by atoms with E-state index >= 15 is 0 Å². The maximum Gasteiger partial charge on any atom is 0.219 e. The van der Waals surface area contributed by atoms with Crippen LogP contribution in [0.1, 0.15) is 111 Å². The van der Waals surface area contributed by atoms with E-state index < -0.39 is 16.0 Å². The fraction of sp³-hybridized carbons (Fsp3) is 0.409. The van der Waals surface area contributed by atoms with Gasteiger partial charge in [0.15, 0.2) is 23.3 Å². The van der Waals surface area contributed by atoms with Gasteiger partial charge in [-0.1, -0.05) is 55.5 Å². The number of fused-ring (bicyclic) bond motifs is 4. The number of hydrogen-bond acceptors (Lipinski definition) is 19. The molecule has 5 aliphatic heterocycles. The molecule has 3 fully saturated rings. The van der Waals surface area contributed by atoms with Crippen molar-refractivity contribution in [1.29, 1.82) is 0 Å². The number of aryl methyl sites for hydroxylation is 5. The first-order chi connectivity index (χ1) is 58.1. The lowest BCUT2D eigenvalue weighted by Crippen LogP contribution is -2.35. The Morgan fingerprint density at radius 1 is 0.463 bits per heavy atom. The molecule has 19 rings (SSSR count). The molecule has 12 aromatic rings. The predicted octanol–water partition coefficient (Wildman–Crippen LogP) is 11.9. The van der Waals surface area contributed by atoms with Gasteiger partial charge in [-0.2, -0.15) is 40.8 Å². The summed E-state index contributed by atoms with van der Waals surface area (Å²) >= 11 is 0. The number of halogens is 1. The first kappa shape index (κ1) is 82.2. The zero-order valence-corrected chi connectivity index (χ0v) is 71.0. The summed E-state index contributed by atoms with van der Waals surface area (Å²) in [4.78, 5) is 55.2. The Kier molecular flexibility index (Phi) is 23.5. The van der Waals surface area contributed by atoms with Gasteiger partial charge in [0.25, 0.3) is 0 Å². The van der Waals surface area contributed by atoms with Gasteiger partial charge in [0.1, 0.15) is 16.0 Å². The summed E-state index contributed by atoms with van der Waals surface area (Å²) in [5.74, 6) is 3.49. The largest absolute Gasteiger partial charge is 0.379 e. The minimum Gasteiger partial charge on any atom is -0.379 e. The van der Waals surface area contributed by atoms with Crippen molar-refractivity contribution in [2.45, 2.75) is 144 Å². The number of carbonyl (C=O) groups excluding carboxylic acids is 4. The van der Waals surface area contributed by atoms with E-state index in [2.05, 4.69) is 112 Å². The van der Waals surface area contributed by atoms with E-state index in [4.69, 9.17) is 20.0 Å². The van der Waals surface area contributed by atoms with Crippen molar-refractivity contribution in [2.75, 3.05) is 72.7 Å². The van der Waals surface area contributed by atoms with Crippen molar-refractivity contribution in [3.05, 3.63) is 192 Å². The molecule has 0 bridgehead atoms. The molecule has 4 aromatic carbocycles. The van der Waals surface area contributed by atoms with E-state index in [-0.39, 0.29) is 41.3 Å². The van der Waals surface area contributed by atoms with Crippen LogP contribution in [0.3, 0.4) is 0 Å². The Labute approximate surface area is 702 Å². The van der Waals surface area contributed by atoms with Crippen LogP contribution in [-0.4, -0.2) is 187 Å². The molecule has 632 valence electrons. The molecule has 33 heteroatoms. The van der Waals surface area contributed by atoms with E-state index in [0.717, 1.165) is 170 Å². The highest BCUT2D eigenvalue weighted by atomic mass is 32.2. The van der Waals surface area contributed by atoms with E-state index in [1.54, 1.807) is 51.3 Å². The number of anilines is 8. The molecule has 4 amide bonds. The number of aromatic nitrogens is 16. The Balaban J connectivity index is 0.000000120. The number of sulfone groups is 1. The number of benzene rings is 4. The fourth-order valence-electron chi connectivity index (χ4n) is 16.3. The van der Waals surface area contributed by atoms with Gasteiger partial charge in [0, 0.05) is 254 Å². The third kappa shape index (κ3) is 19.4. The molecule has 31 nitrogen and oxygen atoms in total. The number of alkyl halides is 1. The summed E-state index contributed by atoms with van der Waals surface area (Å²) in [7, 11) is 4.51. The molecule has 1 saturated heterocycles. The highest BCUT2D eigenvalue weighted by molar-refractivity contribution is 7.90. The summed E-state index contributed by atoms with van der Waals surface area (Å²) in [6.45, 7) is 17.1. The lowest BCUT2D eigenvalue weighted by atomic mass is 10.1. The zero-order chi connectivity index (χ0) is 84.5. The Morgan fingerprint density at radius 2 is 0.785 bits per heavy atom. The average Bonchev–Trinajstić information content (AvgIpc) is 1.62. The van der Waals surface area contributed by atoms with Gasteiger partial charge in [-0.25, -0.2) is 12.8 Å². The van der Waals surface area contributed by atoms with Crippen molar-refractivity contribution in [3.63, 3.8) is 0 Å². The topological polar surface area (TPSA) is 315 Å². The van der Waals surface area contributed by atoms with Crippen molar-refractivity contribution >= 4 is 79.5 Å². The fourth-order valence-corrected chi connectivity index (χ4v) is 16.8. The van der Waals surface area contributed by atoms with E-state index in [1.807, 2.05) is 150 Å². The molecule has 2 saturated carbocycles. The van der Waals surface area contributed by atoms with Gasteiger partial charge in [-0.3, -0.25) is 56.6 Å². The highest BCUT2D eigenvalue weighted by Gasteiger charge is 2.41. The number of nitrogens with zero attached hydrogens (tertiary/aromatic N) is 20. The lowest BCUT2D eigenvalue weighted by molar-refractivity contribution is -0.130. The quantitative estimate of drug-likeness (QED) is 0.0551. The van der Waals surface area contributed by atoms with Crippen LogP contribution < -0.4 is 21.3 Å². The minimum atomic E-state index is -3.10.